The molecule has 0 radical (unpaired) electrons. The Bertz CT molecular complexity index is 1010. The van der Waals surface area contributed by atoms with Crippen LogP contribution in [0.1, 0.15) is 52.5 Å². The van der Waals surface area contributed by atoms with Crippen LogP contribution in [0.5, 0.6) is 5.75 Å². The summed E-state index contributed by atoms with van der Waals surface area (Å²) in [6.45, 7) is 9.63. The van der Waals surface area contributed by atoms with Crippen LogP contribution in [-0.2, 0) is 22.8 Å². The Morgan fingerprint density at radius 2 is 1.54 bits per heavy atom. The van der Waals surface area contributed by atoms with Crippen molar-refractivity contribution in [2.24, 2.45) is 0 Å². The van der Waals surface area contributed by atoms with Crippen LogP contribution in [-0.4, -0.2) is 64.7 Å². The topological polar surface area (TPSA) is 113 Å². The van der Waals surface area contributed by atoms with E-state index < -0.39 is 20.9 Å². The maximum Gasteiger partial charge on any atom is 0.524 e. The second kappa shape index (κ2) is 16.0. The second-order valence-electron chi connectivity index (χ2n) is 8.14. The Labute approximate surface area is 220 Å². The molecule has 0 heterocycles. The molecule has 0 aliphatic rings. The van der Waals surface area contributed by atoms with Crippen LogP contribution in [0, 0.1) is 0 Å². The molecule has 0 bridgehead atoms. The number of ether oxygens (including phenoxy) is 2. The molecule has 1 atom stereocenters. The number of rotatable bonds is 17. The molecular weight excluding hydrogens is 494 g/mol. The molecule has 0 aliphatic heterocycles. The lowest BCUT2D eigenvalue weighted by Crippen LogP contribution is -2.62. The molecule has 2 N–H and O–H groups in total. The van der Waals surface area contributed by atoms with Gasteiger partial charge in [-0.1, -0.05) is 25.1 Å². The van der Waals surface area contributed by atoms with Crippen molar-refractivity contribution in [3.05, 3.63) is 48.0 Å². The van der Waals surface area contributed by atoms with Crippen LogP contribution >= 0.6 is 0 Å². The fourth-order valence-electron chi connectivity index (χ4n) is 3.82. The van der Waals surface area contributed by atoms with Gasteiger partial charge in [-0.05, 0) is 80.6 Å². The van der Waals surface area contributed by atoms with Crippen LogP contribution in [0.4, 0.5) is 4.79 Å². The first kappa shape index (κ1) is 30.3. The molecule has 1 amide bonds. The Morgan fingerprint density at radius 3 is 2.16 bits per heavy atom. The monoisotopic (exact) mass is 533 g/mol. The molecule has 1 unspecified atom stereocenters. The summed E-state index contributed by atoms with van der Waals surface area (Å²) in [5, 5.41) is 13.6. The molecule has 204 valence electrons. The van der Waals surface area contributed by atoms with Crippen molar-refractivity contribution >= 4 is 37.7 Å². The molecular formula is C27H39NO8Si. The van der Waals surface area contributed by atoms with E-state index in [-0.39, 0.29) is 12.3 Å². The minimum Gasteiger partial charge on any atom is -0.494 e. The van der Waals surface area contributed by atoms with Crippen LogP contribution < -0.4 is 10.1 Å². The summed E-state index contributed by atoms with van der Waals surface area (Å²) in [6.07, 6.45) is 4.13. The summed E-state index contributed by atoms with van der Waals surface area (Å²) in [7, 11) is -3.08. The van der Waals surface area contributed by atoms with Crippen molar-refractivity contribution in [1.82, 2.24) is 5.32 Å². The lowest BCUT2D eigenvalue weighted by Gasteiger charge is -2.34. The molecule has 9 nitrogen and oxygen atoms in total. The van der Waals surface area contributed by atoms with E-state index >= 15 is 0 Å². The van der Waals surface area contributed by atoms with Gasteiger partial charge < -0.3 is 33.2 Å². The minimum absolute atomic E-state index is 0.266. The van der Waals surface area contributed by atoms with Gasteiger partial charge in [-0.2, -0.15) is 0 Å². The smallest absolute Gasteiger partial charge is 0.494 e. The molecule has 0 spiro atoms. The second-order valence-corrected chi connectivity index (χ2v) is 10.9. The van der Waals surface area contributed by atoms with E-state index in [0.717, 1.165) is 34.6 Å². The maximum atomic E-state index is 12.4. The predicted molar refractivity (Wildman–Crippen MR) is 145 cm³/mol. The highest BCUT2D eigenvalue weighted by molar-refractivity contribution is 6.62. The summed E-state index contributed by atoms with van der Waals surface area (Å²) in [5.74, 6) is -0.233. The number of carboxylic acids is 1. The third-order valence-electron chi connectivity index (χ3n) is 5.46. The molecule has 0 saturated heterocycles. The molecule has 2 aromatic carbocycles. The van der Waals surface area contributed by atoms with E-state index in [1.165, 1.54) is 0 Å². The number of carbonyl (C=O) groups excluding carboxylic acids is 1. The van der Waals surface area contributed by atoms with Gasteiger partial charge >= 0.3 is 20.9 Å². The third kappa shape index (κ3) is 9.81. The number of amides is 1. The first-order valence-electron chi connectivity index (χ1n) is 12.8. The van der Waals surface area contributed by atoms with Crippen LogP contribution in [0.3, 0.4) is 0 Å². The standard InChI is InChI=1S/C27H39NO8Si/c1-5-25(37(34-6-2,35-7-3)36-8-4)28-27(31)33-18-10-9-17-32-24-15-14-22-19-21(12-16-26(29)30)11-13-23(22)20-24/h11-16,19-20,25H,5-10,17-18H2,1-4H3,(H,28,31)(H,29,30)/b16-12+. The normalized spacial score (nSPS) is 12.5. The number of alkyl carbamates (subject to hydrolysis) is 1. The van der Waals surface area contributed by atoms with Crippen molar-refractivity contribution < 1.29 is 37.4 Å². The third-order valence-corrected chi connectivity index (χ3v) is 8.94. The van der Waals surface area contributed by atoms with Crippen molar-refractivity contribution in [2.75, 3.05) is 33.0 Å². The molecule has 2 aromatic rings. The predicted octanol–water partition coefficient (Wildman–Crippen LogP) is 5.19. The summed E-state index contributed by atoms with van der Waals surface area (Å²) in [6, 6.07) is 11.5. The highest BCUT2D eigenvalue weighted by Crippen LogP contribution is 2.23. The Hall–Kier alpha value is -2.92. The van der Waals surface area contributed by atoms with Gasteiger partial charge in [-0.15, -0.1) is 0 Å². The van der Waals surface area contributed by atoms with E-state index in [4.69, 9.17) is 27.9 Å². The molecule has 0 saturated carbocycles. The van der Waals surface area contributed by atoms with Crippen molar-refractivity contribution in [2.45, 2.75) is 52.6 Å². The van der Waals surface area contributed by atoms with E-state index in [9.17, 15) is 9.59 Å². The minimum atomic E-state index is -3.08. The summed E-state index contributed by atoms with van der Waals surface area (Å²) in [4.78, 5) is 23.1. The lowest BCUT2D eigenvalue weighted by atomic mass is 10.1. The summed E-state index contributed by atoms with van der Waals surface area (Å²) >= 11 is 0. The zero-order chi connectivity index (χ0) is 27.1. The molecule has 0 aliphatic carbocycles. The highest BCUT2D eigenvalue weighted by atomic mass is 28.4. The van der Waals surface area contributed by atoms with Gasteiger partial charge in [0.15, 0.2) is 0 Å². The molecule has 0 fully saturated rings. The van der Waals surface area contributed by atoms with Crippen LogP contribution in [0.25, 0.3) is 16.8 Å². The van der Waals surface area contributed by atoms with Gasteiger partial charge in [0.05, 0.1) is 13.2 Å². The number of nitrogens with one attached hydrogen (secondary N) is 1. The van der Waals surface area contributed by atoms with Crippen molar-refractivity contribution in [1.29, 1.82) is 0 Å². The zero-order valence-corrected chi connectivity index (χ0v) is 23.2. The van der Waals surface area contributed by atoms with Crippen molar-refractivity contribution in [3.63, 3.8) is 0 Å². The average molecular weight is 534 g/mol. The molecule has 2 rings (SSSR count). The first-order valence-corrected chi connectivity index (χ1v) is 14.6. The summed E-state index contributed by atoms with van der Waals surface area (Å²) < 4.78 is 28.9. The first-order chi connectivity index (χ1) is 17.9. The van der Waals surface area contributed by atoms with Gasteiger partial charge in [0, 0.05) is 25.9 Å². The van der Waals surface area contributed by atoms with E-state index in [1.54, 1.807) is 6.08 Å². The van der Waals surface area contributed by atoms with Crippen molar-refractivity contribution in [3.8, 4) is 5.75 Å². The average Bonchev–Trinajstić information content (AvgIpc) is 2.88. The molecule has 0 aromatic heterocycles. The molecule has 37 heavy (non-hydrogen) atoms. The Kier molecular flexibility index (Phi) is 13.1. The zero-order valence-electron chi connectivity index (χ0n) is 22.2. The number of hydrogen-bond acceptors (Lipinski definition) is 7. The fraction of sp³-hybridized carbons (Fsp3) is 0.481. The van der Waals surface area contributed by atoms with Gasteiger partial charge in [0.25, 0.3) is 0 Å². The van der Waals surface area contributed by atoms with E-state index in [0.29, 0.717) is 39.3 Å². The van der Waals surface area contributed by atoms with E-state index in [2.05, 4.69) is 5.32 Å². The number of fused-ring (bicyclic) bond motifs is 1. The lowest BCUT2D eigenvalue weighted by molar-refractivity contribution is -0.131. The van der Waals surface area contributed by atoms with Crippen LogP contribution in [0.2, 0.25) is 0 Å². The number of aliphatic carboxylic acids is 1. The number of carboxylic acid groups (broad SMARTS) is 1. The molecule has 10 heteroatoms. The van der Waals surface area contributed by atoms with E-state index in [1.807, 2.05) is 64.1 Å². The Balaban J connectivity index is 1.78. The summed E-state index contributed by atoms with van der Waals surface area (Å²) in [5.41, 5.74) is 0.430. The highest BCUT2D eigenvalue weighted by Gasteiger charge is 2.49. The maximum absolute atomic E-state index is 12.4. The number of unbranched alkanes of at least 4 members (excludes halogenated alkanes) is 1. The van der Waals surface area contributed by atoms with Gasteiger partial charge in [-0.25, -0.2) is 9.59 Å². The van der Waals surface area contributed by atoms with Gasteiger partial charge in [-0.3, -0.25) is 0 Å². The largest absolute Gasteiger partial charge is 0.524 e. The number of carbonyl (C=O) groups is 2. The van der Waals surface area contributed by atoms with Crippen LogP contribution in [0.15, 0.2) is 42.5 Å². The van der Waals surface area contributed by atoms with Gasteiger partial charge in [0.1, 0.15) is 11.4 Å². The van der Waals surface area contributed by atoms with Gasteiger partial charge in [0.2, 0.25) is 0 Å². The number of hydrogen-bond donors (Lipinski definition) is 2. The Morgan fingerprint density at radius 1 is 0.919 bits per heavy atom. The quantitative estimate of drug-likeness (QED) is 0.162. The number of benzene rings is 2. The SMILES string of the molecule is CCO[Si](OCC)(OCC)C(CC)NC(=O)OCCCCOc1ccc2cc(/C=C/C(=O)O)ccc2c1. The fourth-order valence-corrected chi connectivity index (χ4v) is 6.67.